The summed E-state index contributed by atoms with van der Waals surface area (Å²) in [5, 5.41) is 3.00. The Balaban J connectivity index is 1.75. The van der Waals surface area contributed by atoms with Crippen molar-refractivity contribution in [2.45, 2.75) is 32.7 Å². The minimum atomic E-state index is -0.0566. The fraction of sp³-hybridized carbons (Fsp3) is 0.353. The molecule has 0 spiro atoms. The molecule has 2 aromatic rings. The van der Waals surface area contributed by atoms with Gasteiger partial charge in [0.1, 0.15) is 5.76 Å². The molecule has 2 heterocycles. The third-order valence-corrected chi connectivity index (χ3v) is 3.86. The fourth-order valence-electron chi connectivity index (χ4n) is 3.03. The highest BCUT2D eigenvalue weighted by atomic mass is 16.3. The Hall–Kier alpha value is -2.23. The molecule has 1 N–H and O–H groups in total. The van der Waals surface area contributed by atoms with Crippen LogP contribution in [0.3, 0.4) is 0 Å². The number of nitrogens with one attached hydrogen (secondary N) is 1. The molecule has 1 aromatic heterocycles. The number of likely N-dealkylation sites (tertiary alicyclic amines) is 1. The number of carbonyl (C=O) groups is 1. The molecule has 1 aliphatic rings. The van der Waals surface area contributed by atoms with Gasteiger partial charge in [-0.25, -0.2) is 4.79 Å². The van der Waals surface area contributed by atoms with E-state index in [-0.39, 0.29) is 12.1 Å². The Morgan fingerprint density at radius 2 is 2.05 bits per heavy atom. The van der Waals surface area contributed by atoms with Crippen LogP contribution in [0.4, 0.5) is 10.5 Å². The largest absolute Gasteiger partial charge is 0.467 e. The van der Waals surface area contributed by atoms with Crippen LogP contribution in [0.25, 0.3) is 0 Å². The Kier molecular flexibility index (Phi) is 3.69. The molecule has 2 amide bonds. The Morgan fingerprint density at radius 1 is 1.29 bits per heavy atom. The minimum Gasteiger partial charge on any atom is -0.467 e. The lowest BCUT2D eigenvalue weighted by atomic mass is 10.1. The van der Waals surface area contributed by atoms with Gasteiger partial charge in [0.2, 0.25) is 0 Å². The van der Waals surface area contributed by atoms with E-state index >= 15 is 0 Å². The van der Waals surface area contributed by atoms with Crippen molar-refractivity contribution >= 4 is 11.7 Å². The highest BCUT2D eigenvalue weighted by Crippen LogP contribution is 2.32. The number of rotatable bonds is 2. The lowest BCUT2D eigenvalue weighted by Crippen LogP contribution is -2.34. The molecule has 0 unspecified atom stereocenters. The number of anilines is 1. The molecule has 1 saturated heterocycles. The van der Waals surface area contributed by atoms with Crippen molar-refractivity contribution in [1.82, 2.24) is 4.90 Å². The second kappa shape index (κ2) is 5.64. The SMILES string of the molecule is Cc1cc(C)cc(NC(=O)N2CCC[C@@H]2c2ccco2)c1. The summed E-state index contributed by atoms with van der Waals surface area (Å²) in [4.78, 5) is 14.4. The van der Waals surface area contributed by atoms with Gasteiger partial charge in [0.05, 0.1) is 12.3 Å². The minimum absolute atomic E-state index is 0.0471. The molecular weight excluding hydrogens is 264 g/mol. The molecular formula is C17H20N2O2. The summed E-state index contributed by atoms with van der Waals surface area (Å²) in [6, 6.07) is 9.87. The van der Waals surface area contributed by atoms with Crippen LogP contribution in [0.5, 0.6) is 0 Å². The van der Waals surface area contributed by atoms with Crippen LogP contribution in [0.2, 0.25) is 0 Å². The van der Waals surface area contributed by atoms with Crippen LogP contribution in [0.1, 0.15) is 35.8 Å². The first kappa shape index (κ1) is 13.7. The number of benzene rings is 1. The predicted molar refractivity (Wildman–Crippen MR) is 82.3 cm³/mol. The molecule has 0 aliphatic carbocycles. The molecule has 21 heavy (non-hydrogen) atoms. The molecule has 1 aliphatic heterocycles. The second-order valence-corrected chi connectivity index (χ2v) is 5.67. The zero-order valence-corrected chi connectivity index (χ0v) is 12.4. The summed E-state index contributed by atoms with van der Waals surface area (Å²) in [6.07, 6.45) is 3.62. The Labute approximate surface area is 124 Å². The molecule has 110 valence electrons. The number of furan rings is 1. The molecule has 0 saturated carbocycles. The monoisotopic (exact) mass is 284 g/mol. The van der Waals surface area contributed by atoms with E-state index in [1.807, 2.05) is 43.0 Å². The number of nitrogens with zero attached hydrogens (tertiary/aromatic N) is 1. The van der Waals surface area contributed by atoms with Crippen molar-refractivity contribution < 1.29 is 9.21 Å². The number of amides is 2. The van der Waals surface area contributed by atoms with Gasteiger partial charge in [0.15, 0.2) is 0 Å². The van der Waals surface area contributed by atoms with Gasteiger partial charge < -0.3 is 14.6 Å². The quantitative estimate of drug-likeness (QED) is 0.895. The summed E-state index contributed by atoms with van der Waals surface area (Å²) < 4.78 is 5.46. The normalized spacial score (nSPS) is 18.0. The van der Waals surface area contributed by atoms with Gasteiger partial charge in [-0.05, 0) is 62.1 Å². The van der Waals surface area contributed by atoms with E-state index < -0.39 is 0 Å². The number of hydrogen-bond donors (Lipinski definition) is 1. The number of carbonyl (C=O) groups excluding carboxylic acids is 1. The lowest BCUT2D eigenvalue weighted by Gasteiger charge is -2.23. The highest BCUT2D eigenvalue weighted by molar-refractivity contribution is 5.90. The van der Waals surface area contributed by atoms with E-state index in [1.165, 1.54) is 0 Å². The smallest absolute Gasteiger partial charge is 0.322 e. The Morgan fingerprint density at radius 3 is 2.71 bits per heavy atom. The maximum atomic E-state index is 12.5. The Bertz CT molecular complexity index is 614. The van der Waals surface area contributed by atoms with Crippen molar-refractivity contribution in [3.63, 3.8) is 0 Å². The van der Waals surface area contributed by atoms with Crippen LogP contribution >= 0.6 is 0 Å². The molecule has 0 radical (unpaired) electrons. The second-order valence-electron chi connectivity index (χ2n) is 5.67. The van der Waals surface area contributed by atoms with Gasteiger partial charge in [0.25, 0.3) is 0 Å². The van der Waals surface area contributed by atoms with E-state index in [2.05, 4.69) is 11.4 Å². The topological polar surface area (TPSA) is 45.5 Å². The summed E-state index contributed by atoms with van der Waals surface area (Å²) in [7, 11) is 0. The summed E-state index contributed by atoms with van der Waals surface area (Å²) >= 11 is 0. The molecule has 3 rings (SSSR count). The van der Waals surface area contributed by atoms with Gasteiger partial charge in [0, 0.05) is 12.2 Å². The van der Waals surface area contributed by atoms with E-state index in [4.69, 9.17) is 4.42 Å². The van der Waals surface area contributed by atoms with Crippen molar-refractivity contribution in [3.8, 4) is 0 Å². The number of aryl methyl sites for hydroxylation is 2. The van der Waals surface area contributed by atoms with E-state index in [0.29, 0.717) is 0 Å². The van der Waals surface area contributed by atoms with Crippen molar-refractivity contribution in [2.24, 2.45) is 0 Å². The van der Waals surface area contributed by atoms with Gasteiger partial charge in [-0.1, -0.05) is 6.07 Å². The molecule has 1 fully saturated rings. The van der Waals surface area contributed by atoms with Gasteiger partial charge in [-0.3, -0.25) is 0 Å². The van der Waals surface area contributed by atoms with Gasteiger partial charge in [-0.15, -0.1) is 0 Å². The van der Waals surface area contributed by atoms with Gasteiger partial charge in [-0.2, -0.15) is 0 Å². The summed E-state index contributed by atoms with van der Waals surface area (Å²) in [6.45, 7) is 4.83. The highest BCUT2D eigenvalue weighted by Gasteiger charge is 2.31. The maximum Gasteiger partial charge on any atom is 0.322 e. The molecule has 4 heteroatoms. The van der Waals surface area contributed by atoms with Crippen LogP contribution in [-0.2, 0) is 0 Å². The van der Waals surface area contributed by atoms with Crippen molar-refractivity contribution in [3.05, 3.63) is 53.5 Å². The third-order valence-electron chi connectivity index (χ3n) is 3.86. The van der Waals surface area contributed by atoms with Crippen LogP contribution in [0.15, 0.2) is 41.0 Å². The first-order valence-electron chi connectivity index (χ1n) is 7.33. The average Bonchev–Trinajstić information content (AvgIpc) is 3.08. The number of hydrogen-bond acceptors (Lipinski definition) is 2. The third kappa shape index (κ3) is 2.94. The van der Waals surface area contributed by atoms with Crippen molar-refractivity contribution in [2.75, 3.05) is 11.9 Å². The van der Waals surface area contributed by atoms with E-state index in [0.717, 1.165) is 42.0 Å². The molecule has 4 nitrogen and oxygen atoms in total. The maximum absolute atomic E-state index is 12.5. The van der Waals surface area contributed by atoms with Gasteiger partial charge >= 0.3 is 6.03 Å². The number of urea groups is 1. The first-order valence-corrected chi connectivity index (χ1v) is 7.33. The molecule has 0 bridgehead atoms. The van der Waals surface area contributed by atoms with Crippen molar-refractivity contribution in [1.29, 1.82) is 0 Å². The fourth-order valence-corrected chi connectivity index (χ4v) is 3.03. The van der Waals surface area contributed by atoms with Crippen LogP contribution in [-0.4, -0.2) is 17.5 Å². The first-order chi connectivity index (χ1) is 10.1. The van der Waals surface area contributed by atoms with Crippen LogP contribution in [0, 0.1) is 13.8 Å². The average molecular weight is 284 g/mol. The summed E-state index contributed by atoms with van der Waals surface area (Å²) in [5.74, 6) is 0.864. The van der Waals surface area contributed by atoms with E-state index in [9.17, 15) is 4.79 Å². The molecule has 1 atom stereocenters. The summed E-state index contributed by atoms with van der Waals surface area (Å²) in [5.41, 5.74) is 3.14. The van der Waals surface area contributed by atoms with Crippen LogP contribution < -0.4 is 5.32 Å². The zero-order chi connectivity index (χ0) is 14.8. The lowest BCUT2D eigenvalue weighted by molar-refractivity contribution is 0.200. The predicted octanol–water partition coefficient (Wildman–Crippen LogP) is 4.27. The van der Waals surface area contributed by atoms with E-state index in [1.54, 1.807) is 6.26 Å². The standard InChI is InChI=1S/C17H20N2O2/c1-12-9-13(2)11-14(10-12)18-17(20)19-7-3-5-15(19)16-6-4-8-21-16/h4,6,8-11,15H,3,5,7H2,1-2H3,(H,18,20)/t15-/m1/s1. The zero-order valence-electron chi connectivity index (χ0n) is 12.4. The molecule has 1 aromatic carbocycles.